The molecule has 114 valence electrons. The third kappa shape index (κ3) is 5.63. The van der Waals surface area contributed by atoms with Crippen LogP contribution in [0.25, 0.3) is 0 Å². The lowest BCUT2D eigenvalue weighted by Crippen LogP contribution is -2.16. The van der Waals surface area contributed by atoms with Crippen molar-refractivity contribution in [2.45, 2.75) is 46.3 Å². The lowest BCUT2D eigenvalue weighted by atomic mass is 10.0. The maximum absolute atomic E-state index is 12.3. The van der Waals surface area contributed by atoms with E-state index in [0.29, 0.717) is 11.7 Å². The zero-order valence-electron chi connectivity index (χ0n) is 12.5. The molecule has 3 nitrogen and oxygen atoms in total. The Bertz CT molecular complexity index is 411. The zero-order chi connectivity index (χ0) is 15.1. The molecule has 0 heterocycles. The van der Waals surface area contributed by atoms with E-state index in [1.54, 1.807) is 12.1 Å². The minimum Gasteiger partial charge on any atom is -0.493 e. The first kappa shape index (κ1) is 16.5. The summed E-state index contributed by atoms with van der Waals surface area (Å²) in [6, 6.07) is 5.22. The van der Waals surface area contributed by atoms with Crippen LogP contribution in [0.3, 0.4) is 0 Å². The molecule has 1 aromatic carbocycles. The Morgan fingerprint density at radius 1 is 1.10 bits per heavy atom. The van der Waals surface area contributed by atoms with E-state index in [4.69, 9.17) is 4.74 Å². The van der Waals surface area contributed by atoms with Crippen molar-refractivity contribution in [1.29, 1.82) is 0 Å². The highest BCUT2D eigenvalue weighted by molar-refractivity contribution is 5.55. The Kier molecular flexibility index (Phi) is 6.55. The van der Waals surface area contributed by atoms with E-state index in [9.17, 15) is 8.78 Å². The summed E-state index contributed by atoms with van der Waals surface area (Å²) in [5.74, 6) is 0.988. The first-order valence-electron chi connectivity index (χ1n) is 6.81. The van der Waals surface area contributed by atoms with Crippen LogP contribution in [0.1, 0.15) is 33.6 Å². The molecule has 1 N–H and O–H groups in total. The molecule has 0 spiro atoms. The topological polar surface area (TPSA) is 30.5 Å². The third-order valence-electron chi connectivity index (χ3n) is 2.97. The van der Waals surface area contributed by atoms with E-state index >= 15 is 0 Å². The summed E-state index contributed by atoms with van der Waals surface area (Å²) in [5.41, 5.74) is 0.748. The molecule has 0 aliphatic carbocycles. The number of halogens is 2. The monoisotopic (exact) mass is 287 g/mol. The molecule has 0 aromatic heterocycles. The number of methoxy groups -OCH3 is 1. The van der Waals surface area contributed by atoms with E-state index in [-0.39, 0.29) is 11.8 Å². The molecule has 0 amide bonds. The largest absolute Gasteiger partial charge is 0.493 e. The summed E-state index contributed by atoms with van der Waals surface area (Å²) in [6.07, 6.45) is 2.14. The average Bonchev–Trinajstić information content (AvgIpc) is 2.36. The van der Waals surface area contributed by atoms with Gasteiger partial charge in [-0.25, -0.2) is 0 Å². The Balaban J connectivity index is 2.70. The fraction of sp³-hybridized carbons (Fsp3) is 0.600. The van der Waals surface area contributed by atoms with Crippen LogP contribution < -0.4 is 14.8 Å². The molecule has 20 heavy (non-hydrogen) atoms. The van der Waals surface area contributed by atoms with Crippen LogP contribution in [-0.4, -0.2) is 19.8 Å². The molecule has 0 saturated heterocycles. The molecular weight excluding hydrogens is 264 g/mol. The molecule has 1 rings (SSSR count). The molecule has 0 bridgehead atoms. The zero-order valence-corrected chi connectivity index (χ0v) is 12.5. The van der Waals surface area contributed by atoms with E-state index in [1.165, 1.54) is 13.2 Å². The van der Waals surface area contributed by atoms with Gasteiger partial charge in [0.15, 0.2) is 11.5 Å². The molecule has 1 unspecified atom stereocenters. The number of benzene rings is 1. The molecule has 0 fully saturated rings. The van der Waals surface area contributed by atoms with Crippen molar-refractivity contribution in [2.75, 3.05) is 12.4 Å². The number of anilines is 1. The molecule has 0 aliphatic rings. The Labute approximate surface area is 119 Å². The number of ether oxygens (including phenoxy) is 2. The van der Waals surface area contributed by atoms with Gasteiger partial charge in [-0.1, -0.05) is 13.8 Å². The van der Waals surface area contributed by atoms with Crippen LogP contribution in [0.15, 0.2) is 18.2 Å². The summed E-state index contributed by atoms with van der Waals surface area (Å²) >= 11 is 0. The molecular formula is C15H23F2NO2. The maximum Gasteiger partial charge on any atom is 0.387 e. The van der Waals surface area contributed by atoms with Gasteiger partial charge < -0.3 is 14.8 Å². The number of hydrogen-bond donors (Lipinski definition) is 1. The first-order chi connectivity index (χ1) is 9.42. The molecule has 1 atom stereocenters. The van der Waals surface area contributed by atoms with Gasteiger partial charge in [-0.05, 0) is 37.8 Å². The quantitative estimate of drug-likeness (QED) is 0.761. The van der Waals surface area contributed by atoms with Crippen LogP contribution >= 0.6 is 0 Å². The van der Waals surface area contributed by atoms with Gasteiger partial charge in [-0.15, -0.1) is 0 Å². The van der Waals surface area contributed by atoms with Gasteiger partial charge in [0.25, 0.3) is 0 Å². The average molecular weight is 287 g/mol. The van der Waals surface area contributed by atoms with Crippen molar-refractivity contribution in [3.63, 3.8) is 0 Å². The molecule has 0 saturated carbocycles. The minimum atomic E-state index is -2.86. The molecule has 5 heteroatoms. The summed E-state index contributed by atoms with van der Waals surface area (Å²) < 4.78 is 34.1. The van der Waals surface area contributed by atoms with Crippen molar-refractivity contribution < 1.29 is 18.3 Å². The molecule has 0 radical (unpaired) electrons. The fourth-order valence-corrected chi connectivity index (χ4v) is 1.89. The smallest absolute Gasteiger partial charge is 0.387 e. The Hall–Kier alpha value is -1.52. The predicted octanol–water partition coefficient (Wildman–Crippen LogP) is 4.53. The summed E-state index contributed by atoms with van der Waals surface area (Å²) in [5, 5.41) is 3.28. The lowest BCUT2D eigenvalue weighted by Gasteiger charge is -2.18. The number of rotatable bonds is 8. The summed E-state index contributed by atoms with van der Waals surface area (Å²) in [6.45, 7) is 3.56. The van der Waals surface area contributed by atoms with Gasteiger partial charge in [0.1, 0.15) is 0 Å². The second-order valence-electron chi connectivity index (χ2n) is 5.26. The third-order valence-corrected chi connectivity index (χ3v) is 2.97. The summed E-state index contributed by atoms with van der Waals surface area (Å²) in [4.78, 5) is 0. The van der Waals surface area contributed by atoms with Crippen LogP contribution in [0.5, 0.6) is 11.5 Å². The lowest BCUT2D eigenvalue weighted by molar-refractivity contribution is -0.0511. The number of hydrogen-bond acceptors (Lipinski definition) is 3. The normalized spacial score (nSPS) is 12.6. The van der Waals surface area contributed by atoms with Crippen LogP contribution in [-0.2, 0) is 0 Å². The van der Waals surface area contributed by atoms with Gasteiger partial charge >= 0.3 is 6.61 Å². The fourth-order valence-electron chi connectivity index (χ4n) is 1.89. The van der Waals surface area contributed by atoms with E-state index in [0.717, 1.165) is 18.5 Å². The van der Waals surface area contributed by atoms with Gasteiger partial charge in [-0.2, -0.15) is 8.78 Å². The van der Waals surface area contributed by atoms with Crippen LogP contribution in [0, 0.1) is 5.92 Å². The second kappa shape index (κ2) is 7.92. The number of nitrogens with one attached hydrogen (secondary N) is 1. The minimum absolute atomic E-state index is 0.0450. The van der Waals surface area contributed by atoms with Crippen molar-refractivity contribution in [3.8, 4) is 11.5 Å². The van der Waals surface area contributed by atoms with Crippen molar-refractivity contribution in [3.05, 3.63) is 18.2 Å². The Morgan fingerprint density at radius 3 is 2.35 bits per heavy atom. The van der Waals surface area contributed by atoms with Gasteiger partial charge in [-0.3, -0.25) is 0 Å². The first-order valence-corrected chi connectivity index (χ1v) is 6.81. The molecule has 0 aliphatic heterocycles. The Morgan fingerprint density at radius 2 is 1.80 bits per heavy atom. The predicted molar refractivity (Wildman–Crippen MR) is 76.8 cm³/mol. The highest BCUT2D eigenvalue weighted by Crippen LogP contribution is 2.31. The second-order valence-corrected chi connectivity index (χ2v) is 5.26. The SMILES string of the molecule is COc1ccc(NC(C)CCC(C)C)cc1OC(F)F. The standard InChI is InChI=1S/C15H23F2NO2/c1-10(2)5-6-11(3)18-12-7-8-13(19-4)14(9-12)20-15(16)17/h7-11,15,18H,5-6H2,1-4H3. The highest BCUT2D eigenvalue weighted by atomic mass is 19.3. The van der Waals surface area contributed by atoms with Gasteiger partial charge in [0, 0.05) is 17.8 Å². The van der Waals surface area contributed by atoms with Gasteiger partial charge in [0.05, 0.1) is 7.11 Å². The van der Waals surface area contributed by atoms with Crippen molar-refractivity contribution in [1.82, 2.24) is 0 Å². The van der Waals surface area contributed by atoms with E-state index in [2.05, 4.69) is 30.8 Å². The summed E-state index contributed by atoms with van der Waals surface area (Å²) in [7, 11) is 1.42. The van der Waals surface area contributed by atoms with Crippen molar-refractivity contribution in [2.24, 2.45) is 5.92 Å². The van der Waals surface area contributed by atoms with E-state index in [1.807, 2.05) is 0 Å². The van der Waals surface area contributed by atoms with Crippen molar-refractivity contribution >= 4 is 5.69 Å². The van der Waals surface area contributed by atoms with Crippen LogP contribution in [0.2, 0.25) is 0 Å². The van der Waals surface area contributed by atoms with E-state index < -0.39 is 6.61 Å². The van der Waals surface area contributed by atoms with Gasteiger partial charge in [0.2, 0.25) is 0 Å². The van der Waals surface area contributed by atoms with Crippen LogP contribution in [0.4, 0.5) is 14.5 Å². The maximum atomic E-state index is 12.3. The highest BCUT2D eigenvalue weighted by Gasteiger charge is 2.12. The number of alkyl halides is 2. The molecule has 1 aromatic rings.